The number of fused-ring (bicyclic) bond motifs is 6. The van der Waals surface area contributed by atoms with Crippen molar-refractivity contribution in [1.82, 2.24) is 9.13 Å². The summed E-state index contributed by atoms with van der Waals surface area (Å²) in [4.78, 5) is 22.2. The van der Waals surface area contributed by atoms with Crippen molar-refractivity contribution >= 4 is 77.7 Å². The molecule has 13 aromatic rings. The van der Waals surface area contributed by atoms with Crippen LogP contribution in [-0.4, -0.2) is 9.13 Å². The molecule has 2 heterocycles. The SMILES string of the molecule is [C-]#[N+]c1ccc(-c2ccc3c(c2)c2cc(-c4ccc([N+]#[C-])cc4[N+]#[C-])ccc2n3-c2cc(-c3c(C)cccc3C(F)(F)F)ccc2-c2ccc([N+]#[C-])cc2-n2c3ccc(-c4ccc(C#N)cc4C#N)cc3c3cc(-c4ccc([N+]#[C-])cc4[N+]#[C-])ccc32)c(C#N)c1. The monoisotopic (exact) mass is 1170 g/mol. The molecule has 420 valence electrons. The minimum Gasteiger partial charge on any atom is -0.310 e. The van der Waals surface area contributed by atoms with E-state index in [0.717, 1.165) is 6.07 Å². The van der Waals surface area contributed by atoms with Gasteiger partial charge in [0.2, 0.25) is 0 Å². The molecular weight excluding hydrogens is 1140 g/mol. The van der Waals surface area contributed by atoms with E-state index >= 15 is 13.2 Å². The summed E-state index contributed by atoms with van der Waals surface area (Å²) in [5, 5.41) is 33.4. The number of nitriles is 3. The minimum atomic E-state index is -4.75. The van der Waals surface area contributed by atoms with E-state index in [9.17, 15) is 15.8 Å². The van der Waals surface area contributed by atoms with Crippen LogP contribution in [-0.2, 0) is 6.18 Å². The molecular formula is C77H36F3N11. The van der Waals surface area contributed by atoms with Crippen LogP contribution in [0, 0.1) is 80.3 Å². The molecule has 0 fully saturated rings. The van der Waals surface area contributed by atoms with E-state index in [1.54, 1.807) is 97.9 Å². The summed E-state index contributed by atoms with van der Waals surface area (Å²) in [5.41, 5.74) is 11.8. The second kappa shape index (κ2) is 22.3. The van der Waals surface area contributed by atoms with Gasteiger partial charge in [-0.05, 0) is 153 Å². The van der Waals surface area contributed by atoms with Gasteiger partial charge in [-0.25, -0.2) is 29.1 Å². The average Bonchev–Trinajstić information content (AvgIpc) is 1.62. The molecule has 0 aliphatic rings. The summed E-state index contributed by atoms with van der Waals surface area (Å²) in [5.74, 6) is 0. The van der Waals surface area contributed by atoms with E-state index in [-0.39, 0.29) is 45.0 Å². The highest BCUT2D eigenvalue weighted by atomic mass is 19.4. The van der Waals surface area contributed by atoms with Gasteiger partial charge in [-0.15, -0.1) is 0 Å². The van der Waals surface area contributed by atoms with E-state index in [0.29, 0.717) is 133 Å². The van der Waals surface area contributed by atoms with Gasteiger partial charge >= 0.3 is 6.18 Å². The maximum Gasteiger partial charge on any atom is 0.417 e. The van der Waals surface area contributed by atoms with Crippen molar-refractivity contribution in [2.45, 2.75) is 13.1 Å². The highest BCUT2D eigenvalue weighted by molar-refractivity contribution is 6.15. The lowest BCUT2D eigenvalue weighted by Crippen LogP contribution is -2.08. The largest absolute Gasteiger partial charge is 0.417 e. The normalized spacial score (nSPS) is 11.0. The molecule has 11 aromatic carbocycles. The lowest BCUT2D eigenvalue weighted by molar-refractivity contribution is -0.137. The van der Waals surface area contributed by atoms with E-state index in [1.165, 1.54) is 24.3 Å². The Hall–Kier alpha value is -13.8. The van der Waals surface area contributed by atoms with Crippen molar-refractivity contribution in [3.8, 4) is 96.3 Å². The third-order valence-corrected chi connectivity index (χ3v) is 16.5. The summed E-state index contributed by atoms with van der Waals surface area (Å²) in [6.45, 7) is 49.3. The number of rotatable bonds is 8. The first-order valence-electron chi connectivity index (χ1n) is 27.9. The zero-order valence-electron chi connectivity index (χ0n) is 47.6. The third-order valence-electron chi connectivity index (χ3n) is 16.5. The molecule has 2 aromatic heterocycles. The third kappa shape index (κ3) is 9.50. The quantitative estimate of drug-likeness (QED) is 0.141. The van der Waals surface area contributed by atoms with E-state index in [1.807, 2.05) is 88.0 Å². The summed E-state index contributed by atoms with van der Waals surface area (Å²) in [6.07, 6.45) is -4.75. The standard InChI is InChI=1S/C77H36F3N11/c1-44-9-8-10-67(77(78,79)80)76(44)50-12-22-61(74(37-50)90-70-27-14-47(58-23-17-53(84-2)32-52(58)43-83)34-63(70)65-35-48(15-29-71(65)90)59-24-18-54(85-3)38-68(59)88-6)62-26-20-56(87-5)40-75(62)91-72-28-13-46(57-21-11-45(41-81)31-51(57)42-82)33-64(72)66-36-49(16-30-73(66)91)60-25-19-55(86-4)39-69(60)89-7/h8-40H,1H3. The van der Waals surface area contributed by atoms with E-state index in [2.05, 4.69) is 47.3 Å². The maximum atomic E-state index is 15.4. The fourth-order valence-electron chi connectivity index (χ4n) is 12.4. The zero-order chi connectivity index (χ0) is 63.4. The van der Waals surface area contributed by atoms with Gasteiger partial charge in [-0.1, -0.05) is 115 Å². The van der Waals surface area contributed by atoms with Crippen molar-refractivity contribution in [1.29, 1.82) is 15.8 Å². The fourth-order valence-corrected chi connectivity index (χ4v) is 12.4. The molecule has 0 saturated carbocycles. The number of hydrogen-bond donors (Lipinski definition) is 0. The predicted molar refractivity (Wildman–Crippen MR) is 349 cm³/mol. The topological polar surface area (TPSA) is 107 Å². The summed E-state index contributed by atoms with van der Waals surface area (Å²) in [7, 11) is 0. The van der Waals surface area contributed by atoms with Crippen LogP contribution in [0.1, 0.15) is 27.8 Å². The molecule has 0 radical (unpaired) electrons. The van der Waals surface area contributed by atoms with Gasteiger partial charge in [0.15, 0.2) is 34.1 Å². The van der Waals surface area contributed by atoms with Crippen LogP contribution in [0.4, 0.5) is 47.3 Å². The molecule has 13 rings (SSSR count). The van der Waals surface area contributed by atoms with Crippen LogP contribution >= 0.6 is 0 Å². The zero-order valence-corrected chi connectivity index (χ0v) is 47.6. The number of benzene rings is 11. The van der Waals surface area contributed by atoms with Gasteiger partial charge < -0.3 is 9.13 Å². The highest BCUT2D eigenvalue weighted by Gasteiger charge is 2.35. The first kappa shape index (κ1) is 56.4. The molecule has 0 aliphatic heterocycles. The smallest absolute Gasteiger partial charge is 0.310 e. The number of alkyl halides is 3. The molecule has 0 aliphatic carbocycles. The van der Waals surface area contributed by atoms with Crippen LogP contribution in [0.2, 0.25) is 0 Å². The maximum absolute atomic E-state index is 15.4. The molecule has 0 atom stereocenters. The molecule has 11 nitrogen and oxygen atoms in total. The Balaban J connectivity index is 1.14. The second-order valence-corrected chi connectivity index (χ2v) is 21.4. The summed E-state index contributed by atoms with van der Waals surface area (Å²) < 4.78 is 50.1. The van der Waals surface area contributed by atoms with E-state index < -0.39 is 11.7 Å². The Morgan fingerprint density at radius 1 is 0.363 bits per heavy atom. The molecule has 0 amide bonds. The number of hydrogen-bond acceptors (Lipinski definition) is 3. The van der Waals surface area contributed by atoms with Gasteiger partial charge in [0.1, 0.15) is 0 Å². The molecule has 0 saturated heterocycles. The Labute approximate surface area is 519 Å². The Bertz CT molecular complexity index is 5530. The Morgan fingerprint density at radius 2 is 0.747 bits per heavy atom. The average molecular weight is 1170 g/mol. The minimum absolute atomic E-state index is 0.0286. The molecule has 0 unspecified atom stereocenters. The highest BCUT2D eigenvalue weighted by Crippen LogP contribution is 2.49. The van der Waals surface area contributed by atoms with Crippen molar-refractivity contribution in [2.24, 2.45) is 0 Å². The van der Waals surface area contributed by atoms with Crippen LogP contribution < -0.4 is 0 Å². The molecule has 0 bridgehead atoms. The predicted octanol–water partition coefficient (Wildman–Crippen LogP) is 22.1. The fraction of sp³-hybridized carbons (Fsp3) is 0.0260. The molecule has 14 heteroatoms. The van der Waals surface area contributed by atoms with Crippen LogP contribution in [0.25, 0.3) is 151 Å². The second-order valence-electron chi connectivity index (χ2n) is 21.4. The lowest BCUT2D eigenvalue weighted by Gasteiger charge is -2.22. The van der Waals surface area contributed by atoms with Crippen LogP contribution in [0.15, 0.2) is 200 Å². The van der Waals surface area contributed by atoms with Crippen molar-refractivity contribution in [3.63, 3.8) is 0 Å². The first-order chi connectivity index (χ1) is 44.2. The number of nitrogens with zero attached hydrogens (tertiary/aromatic N) is 11. The molecule has 0 N–H and O–H groups in total. The molecule has 0 spiro atoms. The Kier molecular flexibility index (Phi) is 13.8. The Morgan fingerprint density at radius 3 is 1.19 bits per heavy atom. The molecule has 91 heavy (non-hydrogen) atoms. The van der Waals surface area contributed by atoms with Crippen molar-refractivity contribution in [2.75, 3.05) is 0 Å². The lowest BCUT2D eigenvalue weighted by atomic mass is 9.91. The van der Waals surface area contributed by atoms with Gasteiger partial charge in [0.05, 0.1) is 102 Å². The number of aromatic nitrogens is 2. The van der Waals surface area contributed by atoms with Gasteiger partial charge in [0.25, 0.3) is 0 Å². The number of aryl methyl sites for hydroxylation is 1. The summed E-state index contributed by atoms with van der Waals surface area (Å²) in [6, 6.07) is 63.7. The van der Waals surface area contributed by atoms with Gasteiger partial charge in [-0.3, -0.25) is 0 Å². The van der Waals surface area contributed by atoms with Crippen molar-refractivity contribution in [3.05, 3.63) is 297 Å². The summed E-state index contributed by atoms with van der Waals surface area (Å²) >= 11 is 0. The van der Waals surface area contributed by atoms with Crippen molar-refractivity contribution < 1.29 is 13.2 Å². The van der Waals surface area contributed by atoms with Gasteiger partial charge in [0, 0.05) is 43.9 Å². The first-order valence-corrected chi connectivity index (χ1v) is 27.9. The van der Waals surface area contributed by atoms with E-state index in [4.69, 9.17) is 39.4 Å². The van der Waals surface area contributed by atoms with Crippen LogP contribution in [0.5, 0.6) is 0 Å². The van der Waals surface area contributed by atoms with Gasteiger partial charge in [-0.2, -0.15) is 29.0 Å². The number of halogens is 3. The van der Waals surface area contributed by atoms with Crippen LogP contribution in [0.3, 0.4) is 0 Å².